The summed E-state index contributed by atoms with van der Waals surface area (Å²) in [6.45, 7) is 1.11. The Balaban J connectivity index is 0.000000720. The number of halogens is 1. The number of nitrogens with one attached hydrogen (secondary N) is 1. The SMILES string of the molecule is Cl.c1cc([C@@H]2CCCCN2)no1. The molecular weight excluding hydrogens is 176 g/mol. The second kappa shape index (κ2) is 4.48. The first-order valence-electron chi connectivity index (χ1n) is 4.10. The maximum Gasteiger partial charge on any atom is 0.124 e. The van der Waals surface area contributed by atoms with Crippen molar-refractivity contribution in [3.63, 3.8) is 0 Å². The van der Waals surface area contributed by atoms with Crippen molar-refractivity contribution < 1.29 is 4.52 Å². The molecule has 2 heterocycles. The van der Waals surface area contributed by atoms with Crippen molar-refractivity contribution in [2.75, 3.05) is 6.54 Å². The summed E-state index contributed by atoms with van der Waals surface area (Å²) in [5.74, 6) is 0. The molecule has 0 unspecified atom stereocenters. The van der Waals surface area contributed by atoms with E-state index >= 15 is 0 Å². The van der Waals surface area contributed by atoms with Gasteiger partial charge in [0.05, 0.1) is 6.04 Å². The van der Waals surface area contributed by atoms with E-state index in [2.05, 4.69) is 10.5 Å². The quantitative estimate of drug-likeness (QED) is 0.732. The van der Waals surface area contributed by atoms with Gasteiger partial charge in [0, 0.05) is 6.07 Å². The van der Waals surface area contributed by atoms with Gasteiger partial charge in [-0.2, -0.15) is 0 Å². The van der Waals surface area contributed by atoms with Crippen LogP contribution in [0.25, 0.3) is 0 Å². The van der Waals surface area contributed by atoms with E-state index in [0.29, 0.717) is 6.04 Å². The van der Waals surface area contributed by atoms with E-state index in [4.69, 9.17) is 4.52 Å². The summed E-state index contributed by atoms with van der Waals surface area (Å²) in [6.07, 6.45) is 5.40. The van der Waals surface area contributed by atoms with Crippen molar-refractivity contribution in [3.05, 3.63) is 18.0 Å². The Morgan fingerprint density at radius 3 is 3.00 bits per heavy atom. The Morgan fingerprint density at radius 2 is 2.42 bits per heavy atom. The summed E-state index contributed by atoms with van der Waals surface area (Å²) in [6, 6.07) is 2.37. The molecule has 1 aromatic rings. The molecule has 0 bridgehead atoms. The normalized spacial score (nSPS) is 23.2. The lowest BCUT2D eigenvalue weighted by Crippen LogP contribution is -2.26. The zero-order valence-corrected chi connectivity index (χ0v) is 7.64. The molecule has 12 heavy (non-hydrogen) atoms. The van der Waals surface area contributed by atoms with E-state index < -0.39 is 0 Å². The number of hydrogen-bond donors (Lipinski definition) is 1. The molecule has 1 fully saturated rings. The fraction of sp³-hybridized carbons (Fsp3) is 0.625. The van der Waals surface area contributed by atoms with Crippen LogP contribution in [0.15, 0.2) is 16.9 Å². The molecule has 1 aromatic heterocycles. The van der Waals surface area contributed by atoms with Crippen LogP contribution in [0.2, 0.25) is 0 Å². The zero-order chi connectivity index (χ0) is 7.52. The van der Waals surface area contributed by atoms with Crippen molar-refractivity contribution >= 4 is 12.4 Å². The van der Waals surface area contributed by atoms with Gasteiger partial charge >= 0.3 is 0 Å². The number of aromatic nitrogens is 1. The number of piperidine rings is 1. The molecule has 68 valence electrons. The smallest absolute Gasteiger partial charge is 0.124 e. The Hall–Kier alpha value is -0.540. The van der Waals surface area contributed by atoms with Gasteiger partial charge in [0.25, 0.3) is 0 Å². The van der Waals surface area contributed by atoms with Gasteiger partial charge in [-0.3, -0.25) is 0 Å². The summed E-state index contributed by atoms with van der Waals surface area (Å²) < 4.78 is 4.78. The largest absolute Gasteiger partial charge is 0.364 e. The van der Waals surface area contributed by atoms with Crippen LogP contribution in [-0.4, -0.2) is 11.7 Å². The van der Waals surface area contributed by atoms with Gasteiger partial charge in [-0.15, -0.1) is 12.4 Å². The monoisotopic (exact) mass is 188 g/mol. The zero-order valence-electron chi connectivity index (χ0n) is 6.82. The highest BCUT2D eigenvalue weighted by Gasteiger charge is 2.16. The number of hydrogen-bond acceptors (Lipinski definition) is 3. The fourth-order valence-electron chi connectivity index (χ4n) is 1.51. The van der Waals surface area contributed by atoms with Gasteiger partial charge < -0.3 is 9.84 Å². The first-order chi connectivity index (χ1) is 5.47. The fourth-order valence-corrected chi connectivity index (χ4v) is 1.51. The highest BCUT2D eigenvalue weighted by atomic mass is 35.5. The van der Waals surface area contributed by atoms with Gasteiger partial charge in [-0.1, -0.05) is 11.6 Å². The topological polar surface area (TPSA) is 38.1 Å². The predicted octanol–water partition coefficient (Wildman–Crippen LogP) is 1.91. The second-order valence-electron chi connectivity index (χ2n) is 2.93. The molecule has 0 saturated carbocycles. The maximum atomic E-state index is 4.78. The number of nitrogens with zero attached hydrogens (tertiary/aromatic N) is 1. The highest BCUT2D eigenvalue weighted by Crippen LogP contribution is 2.20. The third-order valence-corrected chi connectivity index (χ3v) is 2.13. The summed E-state index contributed by atoms with van der Waals surface area (Å²) in [5.41, 5.74) is 1.05. The Labute approximate surface area is 77.9 Å². The molecule has 1 atom stereocenters. The first-order valence-corrected chi connectivity index (χ1v) is 4.10. The molecule has 3 nitrogen and oxygen atoms in total. The molecule has 1 N–H and O–H groups in total. The van der Waals surface area contributed by atoms with Crippen LogP contribution in [0.3, 0.4) is 0 Å². The molecule has 1 aliphatic heterocycles. The molecule has 1 aliphatic rings. The third kappa shape index (κ3) is 1.99. The molecular formula is C8H13ClN2O. The Kier molecular flexibility index (Phi) is 3.56. The van der Waals surface area contributed by atoms with E-state index in [-0.39, 0.29) is 12.4 Å². The summed E-state index contributed by atoms with van der Waals surface area (Å²) in [4.78, 5) is 0. The van der Waals surface area contributed by atoms with Crippen molar-refractivity contribution in [3.8, 4) is 0 Å². The lowest BCUT2D eigenvalue weighted by Gasteiger charge is -2.20. The van der Waals surface area contributed by atoms with Gasteiger partial charge in [0.2, 0.25) is 0 Å². The lowest BCUT2D eigenvalue weighted by molar-refractivity contribution is 0.364. The standard InChI is InChI=1S/C8H12N2O.ClH/c1-2-5-9-7(3-1)8-4-6-11-10-8;/h4,6-7,9H,1-3,5H2;1H/t7-;/m0./s1. The second-order valence-corrected chi connectivity index (χ2v) is 2.93. The molecule has 4 heteroatoms. The lowest BCUT2D eigenvalue weighted by atomic mass is 10.0. The molecule has 2 rings (SSSR count). The Morgan fingerprint density at radius 1 is 1.50 bits per heavy atom. The van der Waals surface area contributed by atoms with E-state index in [0.717, 1.165) is 12.2 Å². The minimum absolute atomic E-state index is 0. The molecule has 0 aliphatic carbocycles. The van der Waals surface area contributed by atoms with E-state index in [1.807, 2.05) is 6.07 Å². The molecule has 0 aromatic carbocycles. The minimum atomic E-state index is 0. The molecule has 0 radical (unpaired) electrons. The number of rotatable bonds is 1. The van der Waals surface area contributed by atoms with Gasteiger partial charge in [-0.25, -0.2) is 0 Å². The maximum absolute atomic E-state index is 4.78. The molecule has 0 spiro atoms. The molecule has 1 saturated heterocycles. The summed E-state index contributed by atoms with van der Waals surface area (Å²) in [7, 11) is 0. The van der Waals surface area contributed by atoms with Crippen LogP contribution >= 0.6 is 12.4 Å². The summed E-state index contributed by atoms with van der Waals surface area (Å²) >= 11 is 0. The van der Waals surface area contributed by atoms with Crippen molar-refractivity contribution in [2.24, 2.45) is 0 Å². The average Bonchev–Trinajstić information content (AvgIpc) is 2.58. The highest BCUT2D eigenvalue weighted by molar-refractivity contribution is 5.85. The predicted molar refractivity (Wildman–Crippen MR) is 48.3 cm³/mol. The van der Waals surface area contributed by atoms with Crippen molar-refractivity contribution in [1.29, 1.82) is 0 Å². The van der Waals surface area contributed by atoms with Gasteiger partial charge in [0.1, 0.15) is 12.0 Å². The minimum Gasteiger partial charge on any atom is -0.364 e. The third-order valence-electron chi connectivity index (χ3n) is 2.13. The van der Waals surface area contributed by atoms with E-state index in [1.54, 1.807) is 6.26 Å². The molecule has 0 amide bonds. The Bertz CT molecular complexity index is 207. The van der Waals surface area contributed by atoms with Crippen molar-refractivity contribution in [1.82, 2.24) is 10.5 Å². The van der Waals surface area contributed by atoms with Crippen LogP contribution in [0.4, 0.5) is 0 Å². The van der Waals surface area contributed by atoms with E-state index in [9.17, 15) is 0 Å². The first kappa shape index (κ1) is 9.55. The van der Waals surface area contributed by atoms with Crippen LogP contribution in [-0.2, 0) is 0 Å². The van der Waals surface area contributed by atoms with Gasteiger partial charge in [-0.05, 0) is 19.4 Å². The van der Waals surface area contributed by atoms with Crippen LogP contribution < -0.4 is 5.32 Å². The summed E-state index contributed by atoms with van der Waals surface area (Å²) in [5, 5.41) is 7.30. The van der Waals surface area contributed by atoms with Crippen LogP contribution in [0.5, 0.6) is 0 Å². The van der Waals surface area contributed by atoms with E-state index in [1.165, 1.54) is 19.3 Å². The van der Waals surface area contributed by atoms with Gasteiger partial charge in [0.15, 0.2) is 0 Å². The van der Waals surface area contributed by atoms with Crippen LogP contribution in [0.1, 0.15) is 31.0 Å². The van der Waals surface area contributed by atoms with Crippen LogP contribution in [0, 0.1) is 0 Å². The average molecular weight is 189 g/mol. The van der Waals surface area contributed by atoms with Crippen molar-refractivity contribution in [2.45, 2.75) is 25.3 Å².